The lowest BCUT2D eigenvalue weighted by molar-refractivity contribution is -0.138. The molecule has 6 unspecified atom stereocenters. The van der Waals surface area contributed by atoms with Crippen molar-refractivity contribution < 1.29 is 29.1 Å². The van der Waals surface area contributed by atoms with Crippen LogP contribution in [-0.4, -0.2) is 39.5 Å². The second-order valence-electron chi connectivity index (χ2n) is 14.6. The quantitative estimate of drug-likeness (QED) is 0.117. The lowest BCUT2D eigenvalue weighted by atomic mass is 9.49. The zero-order chi connectivity index (χ0) is 37.2. The van der Waals surface area contributed by atoms with Crippen LogP contribution in [0, 0.1) is 30.6 Å². The van der Waals surface area contributed by atoms with Crippen molar-refractivity contribution in [1.29, 1.82) is 0 Å². The Morgan fingerprint density at radius 1 is 0.887 bits per heavy atom. The van der Waals surface area contributed by atoms with Gasteiger partial charge in [0.15, 0.2) is 5.78 Å². The molecule has 1 saturated carbocycles. The van der Waals surface area contributed by atoms with Crippen molar-refractivity contribution in [2.24, 2.45) is 23.7 Å². The van der Waals surface area contributed by atoms with E-state index in [1.165, 1.54) is 11.8 Å². The molecule has 2 heterocycles. The number of phenols is 1. The van der Waals surface area contributed by atoms with Crippen LogP contribution >= 0.6 is 0 Å². The number of anilines is 2. The number of aromatic hydroxyl groups is 1. The van der Waals surface area contributed by atoms with Crippen LogP contribution in [0.15, 0.2) is 121 Å². The normalized spacial score (nSPS) is 26.2. The van der Waals surface area contributed by atoms with Crippen LogP contribution in [0.1, 0.15) is 58.3 Å². The molecule has 266 valence electrons. The molecule has 9 heteroatoms. The average molecular weight is 706 g/mol. The predicted molar refractivity (Wildman–Crippen MR) is 200 cm³/mol. The number of hydrogen-bond donors (Lipinski definition) is 2. The molecule has 0 spiro atoms. The fourth-order valence-electron chi connectivity index (χ4n) is 9.36. The van der Waals surface area contributed by atoms with E-state index < -0.39 is 46.8 Å². The molecule has 2 aliphatic carbocycles. The summed E-state index contributed by atoms with van der Waals surface area (Å²) in [5, 5.41) is 13.1. The van der Waals surface area contributed by atoms with E-state index in [0.717, 1.165) is 16.1 Å². The third kappa shape index (κ3) is 5.09. The van der Waals surface area contributed by atoms with E-state index >= 15 is 4.79 Å². The molecule has 9 nitrogen and oxygen atoms in total. The number of fused-ring (bicyclic) bond motifs is 4. The Balaban J connectivity index is 1.31. The van der Waals surface area contributed by atoms with Gasteiger partial charge in [0, 0.05) is 17.0 Å². The van der Waals surface area contributed by atoms with Crippen molar-refractivity contribution >= 4 is 40.8 Å². The van der Waals surface area contributed by atoms with E-state index in [9.17, 15) is 24.3 Å². The van der Waals surface area contributed by atoms with Gasteiger partial charge in [-0.1, -0.05) is 84.0 Å². The van der Waals surface area contributed by atoms with Crippen LogP contribution in [-0.2, 0) is 31.0 Å². The first kappa shape index (κ1) is 34.0. The number of rotatable bonds is 8. The molecular weight excluding hydrogens is 666 g/mol. The average Bonchev–Trinajstić information content (AvgIpc) is 3.54. The molecule has 2 aliphatic heterocycles. The maximum Gasteiger partial charge on any atom is 0.260 e. The van der Waals surface area contributed by atoms with Crippen LogP contribution in [0.2, 0.25) is 0 Å². The number of benzene rings is 4. The van der Waals surface area contributed by atoms with Crippen molar-refractivity contribution in [2.75, 3.05) is 10.3 Å². The highest BCUT2D eigenvalue weighted by atomic mass is 16.3. The standard InChI is InChI=1S/C44H39N3O6/c1-4-9-28-10-8-13-34(39(28)49)38-32-22-23-33-37(42(52)46(40(33)50)31-20-16-27(17-21-31)26(3)48)35(32)24-36-41(51)47(45-30-18-14-25(2)15-19-30)43(53)44(36,38)29-11-6-5-7-12-29/h4-8,10-22,33,35-38,45,49H,1,9,23-24H2,2-3H3. The summed E-state index contributed by atoms with van der Waals surface area (Å²) in [6.07, 6.45) is 4.42. The largest absolute Gasteiger partial charge is 0.507 e. The Morgan fingerprint density at radius 2 is 1.60 bits per heavy atom. The fourth-order valence-corrected chi connectivity index (χ4v) is 9.36. The molecule has 4 aromatic carbocycles. The lowest BCUT2D eigenvalue weighted by Gasteiger charge is -2.50. The minimum absolute atomic E-state index is 0.00124. The molecule has 4 aliphatic rings. The first-order chi connectivity index (χ1) is 25.6. The van der Waals surface area contributed by atoms with Gasteiger partial charge in [0.05, 0.1) is 34.5 Å². The number of nitrogens with one attached hydrogen (secondary N) is 1. The molecule has 8 rings (SSSR count). The van der Waals surface area contributed by atoms with E-state index in [4.69, 9.17) is 0 Å². The van der Waals surface area contributed by atoms with Crippen LogP contribution in [0.5, 0.6) is 5.75 Å². The molecule has 0 aromatic heterocycles. The molecule has 2 saturated heterocycles. The van der Waals surface area contributed by atoms with Crippen LogP contribution < -0.4 is 10.3 Å². The maximum atomic E-state index is 15.3. The Hall–Kier alpha value is -6.09. The molecule has 6 atom stereocenters. The Labute approximate surface area is 307 Å². The number of carbonyl (C=O) groups is 5. The molecule has 53 heavy (non-hydrogen) atoms. The number of ketones is 1. The van der Waals surface area contributed by atoms with E-state index in [1.54, 1.807) is 42.5 Å². The zero-order valence-electron chi connectivity index (χ0n) is 29.5. The third-order valence-corrected chi connectivity index (χ3v) is 11.8. The molecule has 2 N–H and O–H groups in total. The van der Waals surface area contributed by atoms with Crippen LogP contribution in [0.3, 0.4) is 0 Å². The molecule has 4 amide bonds. The number of hydrogen-bond acceptors (Lipinski definition) is 7. The van der Waals surface area contributed by atoms with Gasteiger partial charge in [0.25, 0.3) is 11.8 Å². The summed E-state index contributed by atoms with van der Waals surface area (Å²) in [5.74, 6) is -5.62. The zero-order valence-corrected chi connectivity index (χ0v) is 29.5. The minimum Gasteiger partial charge on any atom is -0.507 e. The first-order valence-electron chi connectivity index (χ1n) is 18.0. The van der Waals surface area contributed by atoms with E-state index in [2.05, 4.69) is 12.0 Å². The predicted octanol–water partition coefficient (Wildman–Crippen LogP) is 6.82. The van der Waals surface area contributed by atoms with Gasteiger partial charge in [0.2, 0.25) is 11.8 Å². The van der Waals surface area contributed by atoms with Crippen molar-refractivity contribution in [3.8, 4) is 5.75 Å². The number of para-hydroxylation sites is 1. The SMILES string of the molecule is C=CCc1cccc(C2C3=CCC4C(=O)N(c5ccc(C(C)=O)cc5)C(=O)C4C3CC3C(=O)N(Nc4ccc(C)cc4)C(=O)C32c2ccccc2)c1O. The smallest absolute Gasteiger partial charge is 0.260 e. The molecule has 0 radical (unpaired) electrons. The summed E-state index contributed by atoms with van der Waals surface area (Å²) in [6, 6.07) is 28.5. The van der Waals surface area contributed by atoms with Gasteiger partial charge < -0.3 is 5.11 Å². The van der Waals surface area contributed by atoms with Crippen molar-refractivity contribution in [2.45, 2.75) is 44.4 Å². The van der Waals surface area contributed by atoms with Gasteiger partial charge in [-0.15, -0.1) is 6.58 Å². The number of nitrogens with zero attached hydrogens (tertiary/aromatic N) is 2. The summed E-state index contributed by atoms with van der Waals surface area (Å²) < 4.78 is 0. The van der Waals surface area contributed by atoms with Gasteiger partial charge in [-0.25, -0.2) is 0 Å². The maximum absolute atomic E-state index is 15.3. The number of carbonyl (C=O) groups excluding carboxylic acids is 5. The highest BCUT2D eigenvalue weighted by Crippen LogP contribution is 2.65. The number of Topliss-reactive ketones (excluding diaryl/α,β-unsaturated/α-hetero) is 1. The number of allylic oxidation sites excluding steroid dienone is 3. The third-order valence-electron chi connectivity index (χ3n) is 11.8. The lowest BCUT2D eigenvalue weighted by Crippen LogP contribution is -2.53. The van der Waals surface area contributed by atoms with Crippen molar-refractivity contribution in [3.63, 3.8) is 0 Å². The topological polar surface area (TPSA) is 124 Å². The van der Waals surface area contributed by atoms with E-state index in [0.29, 0.717) is 40.0 Å². The number of imide groups is 2. The molecule has 0 bridgehead atoms. The summed E-state index contributed by atoms with van der Waals surface area (Å²) in [6.45, 7) is 7.27. The monoisotopic (exact) mass is 705 g/mol. The van der Waals surface area contributed by atoms with Crippen LogP contribution in [0.25, 0.3) is 0 Å². The van der Waals surface area contributed by atoms with E-state index in [1.807, 2.05) is 73.7 Å². The Kier molecular flexibility index (Phi) is 8.24. The van der Waals surface area contributed by atoms with E-state index in [-0.39, 0.29) is 36.2 Å². The highest BCUT2D eigenvalue weighted by molar-refractivity contribution is 6.22. The fraction of sp³-hybridized carbons (Fsp3) is 0.250. The number of phenolic OH excluding ortho intramolecular Hbond substituents is 1. The van der Waals surface area contributed by atoms with Crippen LogP contribution in [0.4, 0.5) is 11.4 Å². The summed E-state index contributed by atoms with van der Waals surface area (Å²) in [5.41, 5.74) is 6.50. The van der Waals surface area contributed by atoms with Gasteiger partial charge in [-0.3, -0.25) is 34.3 Å². The van der Waals surface area contributed by atoms with Gasteiger partial charge in [-0.05, 0) is 86.6 Å². The summed E-state index contributed by atoms with van der Waals surface area (Å²) in [4.78, 5) is 72.1. The number of aryl methyl sites for hydroxylation is 1. The second-order valence-corrected chi connectivity index (χ2v) is 14.6. The Morgan fingerprint density at radius 3 is 2.28 bits per heavy atom. The molecular formula is C44H39N3O6. The number of hydrazine groups is 1. The molecule has 4 aromatic rings. The van der Waals surface area contributed by atoms with Crippen molar-refractivity contribution in [3.05, 3.63) is 149 Å². The Bertz CT molecular complexity index is 2230. The summed E-state index contributed by atoms with van der Waals surface area (Å²) >= 11 is 0. The first-order valence-corrected chi connectivity index (χ1v) is 18.0. The summed E-state index contributed by atoms with van der Waals surface area (Å²) in [7, 11) is 0. The van der Waals surface area contributed by atoms with Gasteiger partial charge >= 0.3 is 0 Å². The van der Waals surface area contributed by atoms with Gasteiger partial charge in [0.1, 0.15) is 5.75 Å². The van der Waals surface area contributed by atoms with Gasteiger partial charge in [-0.2, -0.15) is 5.01 Å². The number of amides is 4. The molecule has 3 fully saturated rings. The highest BCUT2D eigenvalue weighted by Gasteiger charge is 2.70. The second kappa shape index (κ2) is 12.8. The minimum atomic E-state index is -1.50. The van der Waals surface area contributed by atoms with Crippen molar-refractivity contribution in [1.82, 2.24) is 5.01 Å².